The van der Waals surface area contributed by atoms with Crippen LogP contribution in [0.2, 0.25) is 0 Å². The molecule has 1 atom stereocenters. The minimum Gasteiger partial charge on any atom is -0.466 e. The van der Waals surface area contributed by atoms with Gasteiger partial charge in [-0.15, -0.1) is 0 Å². The minimum atomic E-state index is -1.70. The molecule has 1 saturated heterocycles. The Kier molecular flexibility index (Phi) is 6.81. The second kappa shape index (κ2) is 8.84. The van der Waals surface area contributed by atoms with Crippen molar-refractivity contribution >= 4 is 11.9 Å². The summed E-state index contributed by atoms with van der Waals surface area (Å²) in [5.41, 5.74) is -0.583. The van der Waals surface area contributed by atoms with Gasteiger partial charge in [-0.25, -0.2) is 13.2 Å². The molecule has 0 saturated carbocycles. The third-order valence-electron chi connectivity index (χ3n) is 3.89. The summed E-state index contributed by atoms with van der Waals surface area (Å²) in [6.45, 7) is 2.52. The molecule has 0 aliphatic carbocycles. The van der Waals surface area contributed by atoms with Crippen molar-refractivity contribution in [3.05, 3.63) is 35.1 Å². The van der Waals surface area contributed by atoms with Crippen molar-refractivity contribution in [1.82, 2.24) is 4.90 Å². The molecule has 1 fully saturated rings. The molecule has 1 aliphatic heterocycles. The van der Waals surface area contributed by atoms with Crippen LogP contribution < -0.4 is 0 Å². The fourth-order valence-electron chi connectivity index (χ4n) is 2.63. The van der Waals surface area contributed by atoms with Crippen LogP contribution in [-0.2, 0) is 14.3 Å². The Morgan fingerprint density at radius 2 is 2.04 bits per heavy atom. The zero-order valence-electron chi connectivity index (χ0n) is 13.9. The lowest BCUT2D eigenvalue weighted by Gasteiger charge is -2.25. The summed E-state index contributed by atoms with van der Waals surface area (Å²) in [6.07, 6.45) is 1.24. The number of carbonyl (C=O) groups excluding carboxylic acids is 2. The molecule has 2 rings (SSSR count). The molecule has 0 N–H and O–H groups in total. The summed E-state index contributed by atoms with van der Waals surface area (Å²) in [6, 6.07) is 1.59. The minimum absolute atomic E-state index is 0.0318. The molecule has 138 valence electrons. The molecule has 0 bridgehead atoms. The van der Waals surface area contributed by atoms with E-state index >= 15 is 0 Å². The summed E-state index contributed by atoms with van der Waals surface area (Å²) >= 11 is 0. The standard InChI is InChI=1S/C17H20F3NO4/c1-2-24-14(22)7-8-21(10-11-4-3-9-25-11)17(23)12-5-6-13(18)16(20)15(12)19/h5-6,11H,2-4,7-10H2,1H3. The van der Waals surface area contributed by atoms with Crippen LogP contribution in [0.25, 0.3) is 0 Å². The highest BCUT2D eigenvalue weighted by Crippen LogP contribution is 2.19. The van der Waals surface area contributed by atoms with E-state index in [1.165, 1.54) is 4.90 Å². The largest absolute Gasteiger partial charge is 0.466 e. The van der Waals surface area contributed by atoms with Crippen LogP contribution in [0.3, 0.4) is 0 Å². The number of hydrogen-bond donors (Lipinski definition) is 0. The van der Waals surface area contributed by atoms with Crippen molar-refractivity contribution < 1.29 is 32.2 Å². The fourth-order valence-corrected chi connectivity index (χ4v) is 2.63. The lowest BCUT2D eigenvalue weighted by molar-refractivity contribution is -0.143. The number of benzene rings is 1. The van der Waals surface area contributed by atoms with E-state index in [1.54, 1.807) is 6.92 Å². The van der Waals surface area contributed by atoms with Gasteiger partial charge in [0.15, 0.2) is 17.5 Å². The average Bonchev–Trinajstić information content (AvgIpc) is 3.09. The molecular formula is C17H20F3NO4. The molecule has 0 aromatic heterocycles. The Labute approximate surface area is 143 Å². The van der Waals surface area contributed by atoms with E-state index in [9.17, 15) is 22.8 Å². The average molecular weight is 359 g/mol. The van der Waals surface area contributed by atoms with Gasteiger partial charge in [0, 0.05) is 19.7 Å². The van der Waals surface area contributed by atoms with Crippen LogP contribution in [0.4, 0.5) is 13.2 Å². The normalized spacial score (nSPS) is 16.7. The molecule has 1 amide bonds. The molecule has 8 heteroatoms. The smallest absolute Gasteiger partial charge is 0.307 e. The van der Waals surface area contributed by atoms with Crippen molar-refractivity contribution in [1.29, 1.82) is 0 Å². The SMILES string of the molecule is CCOC(=O)CCN(CC1CCCO1)C(=O)c1ccc(F)c(F)c1F. The summed E-state index contributed by atoms with van der Waals surface area (Å²) in [5, 5.41) is 0. The third kappa shape index (κ3) is 4.94. The number of amides is 1. The molecule has 25 heavy (non-hydrogen) atoms. The van der Waals surface area contributed by atoms with Crippen molar-refractivity contribution in [2.75, 3.05) is 26.3 Å². The first kappa shape index (κ1) is 19.2. The number of hydrogen-bond acceptors (Lipinski definition) is 4. The van der Waals surface area contributed by atoms with Gasteiger partial charge in [0.05, 0.1) is 24.7 Å². The summed E-state index contributed by atoms with van der Waals surface area (Å²) in [5.74, 6) is -5.94. The molecule has 1 heterocycles. The first-order chi connectivity index (χ1) is 11.9. The molecule has 1 aromatic carbocycles. The van der Waals surface area contributed by atoms with E-state index in [4.69, 9.17) is 9.47 Å². The van der Waals surface area contributed by atoms with Crippen LogP contribution in [0.1, 0.15) is 36.5 Å². The molecular weight excluding hydrogens is 339 g/mol. The van der Waals surface area contributed by atoms with Crippen LogP contribution in [0.15, 0.2) is 12.1 Å². The third-order valence-corrected chi connectivity index (χ3v) is 3.89. The molecule has 5 nitrogen and oxygen atoms in total. The van der Waals surface area contributed by atoms with Crippen LogP contribution in [-0.4, -0.2) is 49.2 Å². The number of nitrogens with zero attached hydrogens (tertiary/aromatic N) is 1. The Hall–Kier alpha value is -2.09. The van der Waals surface area contributed by atoms with Gasteiger partial charge < -0.3 is 14.4 Å². The fraction of sp³-hybridized carbons (Fsp3) is 0.529. The van der Waals surface area contributed by atoms with Gasteiger partial charge in [-0.05, 0) is 31.9 Å². The number of esters is 1. The van der Waals surface area contributed by atoms with Crippen molar-refractivity contribution in [3.63, 3.8) is 0 Å². The zero-order valence-corrected chi connectivity index (χ0v) is 13.9. The maximum Gasteiger partial charge on any atom is 0.307 e. The van der Waals surface area contributed by atoms with E-state index in [0.29, 0.717) is 12.7 Å². The Bertz CT molecular complexity index is 633. The van der Waals surface area contributed by atoms with E-state index in [1.807, 2.05) is 0 Å². The van der Waals surface area contributed by atoms with E-state index in [-0.39, 0.29) is 32.2 Å². The maximum atomic E-state index is 13.9. The van der Waals surface area contributed by atoms with Crippen LogP contribution in [0.5, 0.6) is 0 Å². The molecule has 0 radical (unpaired) electrons. The Morgan fingerprint density at radius 1 is 1.28 bits per heavy atom. The number of rotatable bonds is 7. The second-order valence-corrected chi connectivity index (χ2v) is 5.66. The van der Waals surface area contributed by atoms with Gasteiger partial charge in [-0.2, -0.15) is 0 Å². The van der Waals surface area contributed by atoms with Crippen molar-refractivity contribution in [2.45, 2.75) is 32.3 Å². The maximum absolute atomic E-state index is 13.9. The van der Waals surface area contributed by atoms with Gasteiger partial charge in [0.2, 0.25) is 0 Å². The van der Waals surface area contributed by atoms with Gasteiger partial charge in [-0.3, -0.25) is 9.59 Å². The second-order valence-electron chi connectivity index (χ2n) is 5.66. The van der Waals surface area contributed by atoms with E-state index < -0.39 is 34.9 Å². The van der Waals surface area contributed by atoms with Crippen LogP contribution >= 0.6 is 0 Å². The zero-order chi connectivity index (χ0) is 18.4. The summed E-state index contributed by atoms with van der Waals surface area (Å²) < 4.78 is 50.7. The van der Waals surface area contributed by atoms with E-state index in [2.05, 4.69) is 0 Å². The first-order valence-electron chi connectivity index (χ1n) is 8.14. The first-order valence-corrected chi connectivity index (χ1v) is 8.14. The lowest BCUT2D eigenvalue weighted by Crippen LogP contribution is -2.39. The topological polar surface area (TPSA) is 55.8 Å². The number of ether oxygens (including phenoxy) is 2. The Morgan fingerprint density at radius 3 is 2.68 bits per heavy atom. The van der Waals surface area contributed by atoms with Gasteiger partial charge in [0.1, 0.15) is 0 Å². The van der Waals surface area contributed by atoms with E-state index in [0.717, 1.165) is 18.9 Å². The molecule has 1 aromatic rings. The van der Waals surface area contributed by atoms with Crippen LogP contribution in [0, 0.1) is 17.5 Å². The Balaban J connectivity index is 2.16. The quantitative estimate of drug-likeness (QED) is 0.555. The molecule has 0 spiro atoms. The predicted octanol–water partition coefficient (Wildman–Crippen LogP) is 2.68. The monoisotopic (exact) mass is 359 g/mol. The highest BCUT2D eigenvalue weighted by molar-refractivity contribution is 5.94. The highest BCUT2D eigenvalue weighted by atomic mass is 19.2. The highest BCUT2D eigenvalue weighted by Gasteiger charge is 2.27. The predicted molar refractivity (Wildman–Crippen MR) is 82.4 cm³/mol. The number of halogens is 3. The lowest BCUT2D eigenvalue weighted by atomic mass is 10.1. The van der Waals surface area contributed by atoms with Crippen molar-refractivity contribution in [3.8, 4) is 0 Å². The summed E-state index contributed by atoms with van der Waals surface area (Å²) in [4.78, 5) is 25.3. The molecule has 1 unspecified atom stereocenters. The van der Waals surface area contributed by atoms with Gasteiger partial charge >= 0.3 is 5.97 Å². The molecule has 1 aliphatic rings. The number of carbonyl (C=O) groups is 2. The van der Waals surface area contributed by atoms with Crippen molar-refractivity contribution in [2.24, 2.45) is 0 Å². The van der Waals surface area contributed by atoms with Gasteiger partial charge in [-0.1, -0.05) is 0 Å². The van der Waals surface area contributed by atoms with Gasteiger partial charge in [0.25, 0.3) is 5.91 Å². The summed E-state index contributed by atoms with van der Waals surface area (Å²) in [7, 11) is 0.